The van der Waals surface area contributed by atoms with Crippen molar-refractivity contribution in [2.24, 2.45) is 0 Å². The minimum Gasteiger partial charge on any atom is -0.342 e. The molecule has 0 aliphatic carbocycles. The number of amides is 1. The van der Waals surface area contributed by atoms with E-state index in [1.165, 1.54) is 120 Å². The Kier molecular flexibility index (Phi) is 19.1. The highest BCUT2D eigenvalue weighted by Crippen LogP contribution is 2.15. The molecule has 1 heterocycles. The third-order valence-electron chi connectivity index (χ3n) is 6.32. The van der Waals surface area contributed by atoms with E-state index < -0.39 is 0 Å². The van der Waals surface area contributed by atoms with Crippen molar-refractivity contribution in [3.63, 3.8) is 0 Å². The maximum absolute atomic E-state index is 12.9. The maximum atomic E-state index is 12.9. The Morgan fingerprint density at radius 2 is 1.10 bits per heavy atom. The molecule has 0 bridgehead atoms. The SMILES string of the molecule is CCCCCCCCCCCN(CCCCCCCCCCC)C(=O)Cc1cccs1. The lowest BCUT2D eigenvalue weighted by Gasteiger charge is -2.23. The number of thiophene rings is 1. The fourth-order valence-corrected chi connectivity index (χ4v) is 4.96. The molecule has 1 aromatic rings. The molecule has 1 aromatic heterocycles. The fourth-order valence-electron chi connectivity index (χ4n) is 4.26. The average Bonchev–Trinajstić information content (AvgIpc) is 3.28. The summed E-state index contributed by atoms with van der Waals surface area (Å²) in [6.45, 7) is 6.47. The van der Waals surface area contributed by atoms with Gasteiger partial charge >= 0.3 is 0 Å². The molecule has 1 amide bonds. The molecular formula is C28H51NOS. The van der Waals surface area contributed by atoms with E-state index in [0.717, 1.165) is 13.1 Å². The van der Waals surface area contributed by atoms with Crippen molar-refractivity contribution in [1.82, 2.24) is 4.90 Å². The van der Waals surface area contributed by atoms with Crippen molar-refractivity contribution in [1.29, 1.82) is 0 Å². The average molecular weight is 450 g/mol. The van der Waals surface area contributed by atoms with Crippen molar-refractivity contribution >= 4 is 17.2 Å². The highest BCUT2D eigenvalue weighted by molar-refractivity contribution is 7.10. The largest absolute Gasteiger partial charge is 0.342 e. The Morgan fingerprint density at radius 1 is 0.677 bits per heavy atom. The van der Waals surface area contributed by atoms with Crippen LogP contribution in [0.4, 0.5) is 0 Å². The zero-order chi connectivity index (χ0) is 22.4. The predicted octanol–water partition coefficient (Wildman–Crippen LogP) is 9.18. The van der Waals surface area contributed by atoms with E-state index >= 15 is 0 Å². The first-order valence-electron chi connectivity index (χ1n) is 13.6. The van der Waals surface area contributed by atoms with Crippen LogP contribution in [0.3, 0.4) is 0 Å². The second-order valence-corrected chi connectivity index (χ2v) is 10.3. The van der Waals surface area contributed by atoms with Crippen LogP contribution in [0.1, 0.15) is 134 Å². The molecule has 2 nitrogen and oxygen atoms in total. The fraction of sp³-hybridized carbons (Fsp3) is 0.821. The molecule has 3 heteroatoms. The number of carbonyl (C=O) groups excluding carboxylic acids is 1. The van der Waals surface area contributed by atoms with Gasteiger partial charge in [-0.3, -0.25) is 4.79 Å². The third kappa shape index (κ3) is 16.5. The van der Waals surface area contributed by atoms with Gasteiger partial charge in [0.2, 0.25) is 5.91 Å². The van der Waals surface area contributed by atoms with E-state index in [4.69, 9.17) is 0 Å². The molecule has 0 aliphatic rings. The molecule has 0 saturated carbocycles. The first-order chi connectivity index (χ1) is 15.3. The van der Waals surface area contributed by atoms with Crippen LogP contribution < -0.4 is 0 Å². The monoisotopic (exact) mass is 449 g/mol. The summed E-state index contributed by atoms with van der Waals surface area (Å²) in [5, 5.41) is 2.08. The molecule has 1 rings (SSSR count). The van der Waals surface area contributed by atoms with E-state index in [1.807, 2.05) is 0 Å². The Bertz CT molecular complexity index is 477. The van der Waals surface area contributed by atoms with Gasteiger partial charge in [0, 0.05) is 18.0 Å². The van der Waals surface area contributed by atoms with E-state index in [0.29, 0.717) is 12.3 Å². The van der Waals surface area contributed by atoms with Crippen LogP contribution in [-0.4, -0.2) is 23.9 Å². The van der Waals surface area contributed by atoms with Gasteiger partial charge in [-0.1, -0.05) is 123 Å². The lowest BCUT2D eigenvalue weighted by molar-refractivity contribution is -0.130. The van der Waals surface area contributed by atoms with E-state index in [1.54, 1.807) is 11.3 Å². The van der Waals surface area contributed by atoms with Crippen LogP contribution in [-0.2, 0) is 11.2 Å². The minimum atomic E-state index is 0.335. The first-order valence-corrected chi connectivity index (χ1v) is 14.5. The zero-order valence-electron chi connectivity index (χ0n) is 20.8. The van der Waals surface area contributed by atoms with Gasteiger partial charge in [-0.2, -0.15) is 0 Å². The molecule has 0 fully saturated rings. The van der Waals surface area contributed by atoms with Gasteiger partial charge in [-0.25, -0.2) is 0 Å². The topological polar surface area (TPSA) is 20.3 Å². The Hall–Kier alpha value is -0.830. The number of rotatable bonds is 22. The standard InChI is InChI=1S/C28H51NOS/c1-3-5-7-9-11-13-15-17-19-23-29(28(30)26-27-22-21-25-31-27)24-20-18-16-14-12-10-8-6-4-2/h21-22,25H,3-20,23-24,26H2,1-2H3. The summed E-state index contributed by atoms with van der Waals surface area (Å²) in [6, 6.07) is 4.15. The number of nitrogens with zero attached hydrogens (tertiary/aromatic N) is 1. The number of unbranched alkanes of at least 4 members (excludes halogenated alkanes) is 16. The summed E-state index contributed by atoms with van der Waals surface area (Å²) in [7, 11) is 0. The van der Waals surface area contributed by atoms with Crippen LogP contribution in [0, 0.1) is 0 Å². The second kappa shape index (κ2) is 21.0. The van der Waals surface area contributed by atoms with Crippen LogP contribution in [0.25, 0.3) is 0 Å². The Morgan fingerprint density at radius 3 is 1.48 bits per heavy atom. The number of hydrogen-bond donors (Lipinski definition) is 0. The molecule has 0 radical (unpaired) electrons. The molecule has 31 heavy (non-hydrogen) atoms. The van der Waals surface area contributed by atoms with Gasteiger partial charge in [0.05, 0.1) is 6.42 Å². The molecule has 0 unspecified atom stereocenters. The lowest BCUT2D eigenvalue weighted by Crippen LogP contribution is -2.34. The molecule has 0 atom stereocenters. The molecule has 0 spiro atoms. The van der Waals surface area contributed by atoms with Gasteiger partial charge in [0.15, 0.2) is 0 Å². The highest BCUT2D eigenvalue weighted by atomic mass is 32.1. The smallest absolute Gasteiger partial charge is 0.227 e. The maximum Gasteiger partial charge on any atom is 0.227 e. The molecule has 180 valence electrons. The summed E-state index contributed by atoms with van der Waals surface area (Å²) in [5.74, 6) is 0.335. The van der Waals surface area contributed by atoms with Crippen molar-refractivity contribution in [3.8, 4) is 0 Å². The van der Waals surface area contributed by atoms with E-state index in [-0.39, 0.29) is 0 Å². The summed E-state index contributed by atoms with van der Waals surface area (Å²) in [6.07, 6.45) is 24.7. The quantitative estimate of drug-likeness (QED) is 0.162. The molecule has 0 aliphatic heterocycles. The molecular weight excluding hydrogens is 398 g/mol. The lowest BCUT2D eigenvalue weighted by atomic mass is 10.1. The Balaban J connectivity index is 2.20. The summed E-state index contributed by atoms with van der Waals surface area (Å²) < 4.78 is 0. The van der Waals surface area contributed by atoms with Gasteiger partial charge in [0.25, 0.3) is 0 Å². The summed E-state index contributed by atoms with van der Waals surface area (Å²) >= 11 is 1.71. The van der Waals surface area contributed by atoms with Gasteiger partial charge in [-0.05, 0) is 24.3 Å². The first kappa shape index (κ1) is 28.2. The highest BCUT2D eigenvalue weighted by Gasteiger charge is 2.14. The van der Waals surface area contributed by atoms with Crippen LogP contribution in [0.2, 0.25) is 0 Å². The predicted molar refractivity (Wildman–Crippen MR) is 139 cm³/mol. The summed E-state index contributed by atoms with van der Waals surface area (Å²) in [4.78, 5) is 16.2. The van der Waals surface area contributed by atoms with Crippen LogP contribution >= 0.6 is 11.3 Å². The molecule has 0 aromatic carbocycles. The third-order valence-corrected chi connectivity index (χ3v) is 7.20. The minimum absolute atomic E-state index is 0.335. The van der Waals surface area contributed by atoms with Crippen molar-refractivity contribution < 1.29 is 4.79 Å². The normalized spacial score (nSPS) is 11.2. The molecule has 0 N–H and O–H groups in total. The van der Waals surface area contributed by atoms with Crippen molar-refractivity contribution in [3.05, 3.63) is 22.4 Å². The summed E-state index contributed by atoms with van der Waals surface area (Å²) in [5.41, 5.74) is 0. The number of carbonyl (C=O) groups is 1. The van der Waals surface area contributed by atoms with Crippen molar-refractivity contribution in [2.45, 2.75) is 136 Å². The zero-order valence-corrected chi connectivity index (χ0v) is 21.7. The molecule has 0 saturated heterocycles. The van der Waals surface area contributed by atoms with E-state index in [9.17, 15) is 4.79 Å². The van der Waals surface area contributed by atoms with Crippen LogP contribution in [0.5, 0.6) is 0 Å². The van der Waals surface area contributed by atoms with Crippen molar-refractivity contribution in [2.75, 3.05) is 13.1 Å². The van der Waals surface area contributed by atoms with E-state index in [2.05, 4.69) is 36.3 Å². The van der Waals surface area contributed by atoms with Crippen LogP contribution in [0.15, 0.2) is 17.5 Å². The van der Waals surface area contributed by atoms with Gasteiger partial charge < -0.3 is 4.90 Å². The van der Waals surface area contributed by atoms with Gasteiger partial charge in [0.1, 0.15) is 0 Å². The second-order valence-electron chi connectivity index (χ2n) is 9.29. The Labute approximate surface area is 198 Å². The number of hydrogen-bond acceptors (Lipinski definition) is 2. The van der Waals surface area contributed by atoms with Gasteiger partial charge in [-0.15, -0.1) is 11.3 Å².